The molecule has 4 rings (SSSR count). The largest absolute Gasteiger partial charge is 0.325 e. The summed E-state index contributed by atoms with van der Waals surface area (Å²) in [4.78, 5) is 17.0. The van der Waals surface area contributed by atoms with Crippen molar-refractivity contribution >= 4 is 23.4 Å². The number of carbonyl (C=O) groups is 1. The van der Waals surface area contributed by atoms with E-state index in [2.05, 4.69) is 60.6 Å². The van der Waals surface area contributed by atoms with E-state index in [9.17, 15) is 4.79 Å². The summed E-state index contributed by atoms with van der Waals surface area (Å²) >= 11 is 1.83. The fraction of sp³-hybridized carbons (Fsp3) is 0.480. The van der Waals surface area contributed by atoms with Crippen molar-refractivity contribution in [3.05, 3.63) is 60.2 Å². The summed E-state index contributed by atoms with van der Waals surface area (Å²) in [6.07, 6.45) is 2.56. The van der Waals surface area contributed by atoms with Crippen molar-refractivity contribution in [2.24, 2.45) is 5.92 Å². The van der Waals surface area contributed by atoms with E-state index in [1.54, 1.807) is 0 Å². The molecule has 2 aromatic carbocycles. The predicted molar refractivity (Wildman–Crippen MR) is 126 cm³/mol. The number of hydrogen-bond acceptors (Lipinski definition) is 3. The monoisotopic (exact) mass is 424 g/mol. The van der Waals surface area contributed by atoms with Gasteiger partial charge in [-0.25, -0.2) is 0 Å². The minimum Gasteiger partial charge on any atom is -0.325 e. The SMILES string of the molecule is CCCC[N+]1(C)CCN(CC2C(=O)Nc3ccccc3SC2c2ccccc2)CC1. The highest BCUT2D eigenvalue weighted by Crippen LogP contribution is 2.46. The highest BCUT2D eigenvalue weighted by molar-refractivity contribution is 7.99. The van der Waals surface area contributed by atoms with Crippen LogP contribution in [0.4, 0.5) is 5.69 Å². The number of nitrogens with one attached hydrogen (secondary N) is 1. The lowest BCUT2D eigenvalue weighted by Gasteiger charge is -2.43. The fourth-order valence-electron chi connectivity index (χ4n) is 4.59. The molecule has 2 atom stereocenters. The normalized spacial score (nSPS) is 24.0. The number of benzene rings is 2. The number of quaternary nitrogens is 1. The van der Waals surface area contributed by atoms with E-state index in [4.69, 9.17) is 0 Å². The van der Waals surface area contributed by atoms with Crippen molar-refractivity contribution in [1.29, 1.82) is 0 Å². The zero-order chi connectivity index (χ0) is 21.0. The van der Waals surface area contributed by atoms with Gasteiger partial charge < -0.3 is 9.80 Å². The summed E-state index contributed by atoms with van der Waals surface area (Å²) in [5, 5.41) is 3.34. The van der Waals surface area contributed by atoms with E-state index in [0.717, 1.165) is 30.2 Å². The van der Waals surface area contributed by atoms with Gasteiger partial charge in [0.05, 0.1) is 38.3 Å². The number of anilines is 1. The average molecular weight is 425 g/mol. The summed E-state index contributed by atoms with van der Waals surface area (Å²) in [5.74, 6) is 0.0763. The molecule has 2 aliphatic heterocycles. The molecular formula is C25H34N3OS+. The maximum Gasteiger partial charge on any atom is 0.230 e. The number of para-hydroxylation sites is 1. The third kappa shape index (κ3) is 4.90. The number of piperazine rings is 1. The van der Waals surface area contributed by atoms with Gasteiger partial charge in [-0.15, -0.1) is 11.8 Å². The Morgan fingerprint density at radius 1 is 1.07 bits per heavy atom. The average Bonchev–Trinajstić information content (AvgIpc) is 2.91. The first-order valence-corrected chi connectivity index (χ1v) is 12.1. The molecule has 1 saturated heterocycles. The summed E-state index contributed by atoms with van der Waals surface area (Å²) < 4.78 is 1.17. The first-order chi connectivity index (χ1) is 14.6. The Bertz CT molecular complexity index is 848. The number of likely N-dealkylation sites (N-methyl/N-ethyl adjacent to an activating group) is 1. The Hall–Kier alpha value is -1.82. The molecule has 2 heterocycles. The molecule has 2 aliphatic rings. The number of nitrogens with zero attached hydrogens (tertiary/aromatic N) is 2. The minimum absolute atomic E-state index is 0.0719. The van der Waals surface area contributed by atoms with Crippen LogP contribution in [0.2, 0.25) is 0 Å². The van der Waals surface area contributed by atoms with Crippen molar-refractivity contribution in [2.45, 2.75) is 29.9 Å². The minimum atomic E-state index is -0.0719. The van der Waals surface area contributed by atoms with Crippen LogP contribution < -0.4 is 5.32 Å². The summed E-state index contributed by atoms with van der Waals surface area (Å²) in [5.41, 5.74) is 2.18. The van der Waals surface area contributed by atoms with Gasteiger partial charge in [-0.3, -0.25) is 9.69 Å². The van der Waals surface area contributed by atoms with Crippen LogP contribution in [0.15, 0.2) is 59.5 Å². The standard InChI is InChI=1S/C25H33N3OS/c1-3-4-16-28(2)17-14-27(15-18-28)19-21-24(20-10-6-5-7-11-20)30-23-13-9-8-12-22(23)26-25(21)29/h5-13,21,24H,3-4,14-19H2,1-2H3/p+1. The maximum atomic E-state index is 13.3. The Morgan fingerprint density at radius 3 is 2.50 bits per heavy atom. The topological polar surface area (TPSA) is 32.3 Å². The van der Waals surface area contributed by atoms with E-state index in [1.165, 1.54) is 42.5 Å². The lowest BCUT2D eigenvalue weighted by Crippen LogP contribution is -2.58. The number of carbonyl (C=O) groups excluding carboxylic acids is 1. The van der Waals surface area contributed by atoms with Gasteiger partial charge in [0.15, 0.2) is 0 Å². The molecule has 160 valence electrons. The number of rotatable bonds is 6. The van der Waals surface area contributed by atoms with Crippen LogP contribution in [0.1, 0.15) is 30.6 Å². The number of amides is 1. The Balaban J connectivity index is 1.52. The first kappa shape index (κ1) is 21.4. The van der Waals surface area contributed by atoms with Crippen molar-refractivity contribution in [3.8, 4) is 0 Å². The highest BCUT2D eigenvalue weighted by Gasteiger charge is 2.37. The van der Waals surface area contributed by atoms with Gasteiger partial charge in [-0.2, -0.15) is 0 Å². The number of hydrogen-bond donors (Lipinski definition) is 1. The molecule has 1 amide bonds. The first-order valence-electron chi connectivity index (χ1n) is 11.3. The van der Waals surface area contributed by atoms with Crippen LogP contribution in [0.3, 0.4) is 0 Å². The van der Waals surface area contributed by atoms with Crippen molar-refractivity contribution in [1.82, 2.24) is 4.90 Å². The number of thioether (sulfide) groups is 1. The van der Waals surface area contributed by atoms with Crippen LogP contribution in [0.25, 0.3) is 0 Å². The van der Waals surface area contributed by atoms with Gasteiger partial charge in [-0.05, 0) is 24.1 Å². The molecule has 0 spiro atoms. The molecule has 1 N–H and O–H groups in total. The quantitative estimate of drug-likeness (QED) is 0.685. The van der Waals surface area contributed by atoms with E-state index in [1.807, 2.05) is 30.0 Å². The molecule has 0 radical (unpaired) electrons. The second kappa shape index (κ2) is 9.54. The Morgan fingerprint density at radius 2 is 1.77 bits per heavy atom. The lowest BCUT2D eigenvalue weighted by molar-refractivity contribution is -0.913. The summed E-state index contributed by atoms with van der Waals surface area (Å²) in [6, 6.07) is 18.7. The molecule has 0 saturated carbocycles. The second-order valence-corrected chi connectivity index (χ2v) is 10.2. The van der Waals surface area contributed by atoms with Crippen molar-refractivity contribution in [3.63, 3.8) is 0 Å². The molecule has 0 aliphatic carbocycles. The van der Waals surface area contributed by atoms with Gasteiger partial charge in [0, 0.05) is 29.8 Å². The van der Waals surface area contributed by atoms with Gasteiger partial charge in [0.2, 0.25) is 5.91 Å². The Kier molecular flexibility index (Phi) is 6.81. The summed E-state index contributed by atoms with van der Waals surface area (Å²) in [7, 11) is 2.39. The fourth-order valence-corrected chi connectivity index (χ4v) is 5.93. The second-order valence-electron chi connectivity index (χ2n) is 8.99. The van der Waals surface area contributed by atoms with E-state index >= 15 is 0 Å². The molecule has 2 aromatic rings. The maximum absolute atomic E-state index is 13.3. The van der Waals surface area contributed by atoms with Crippen LogP contribution in [0.5, 0.6) is 0 Å². The van der Waals surface area contributed by atoms with Gasteiger partial charge in [0.25, 0.3) is 0 Å². The van der Waals surface area contributed by atoms with Gasteiger partial charge in [-0.1, -0.05) is 55.8 Å². The van der Waals surface area contributed by atoms with Gasteiger partial charge in [0.1, 0.15) is 0 Å². The summed E-state index contributed by atoms with van der Waals surface area (Å²) in [6.45, 7) is 8.86. The van der Waals surface area contributed by atoms with Crippen molar-refractivity contribution in [2.75, 3.05) is 51.6 Å². The highest BCUT2D eigenvalue weighted by atomic mass is 32.2. The van der Waals surface area contributed by atoms with Crippen LogP contribution in [-0.4, -0.2) is 61.6 Å². The third-order valence-electron chi connectivity index (χ3n) is 6.65. The molecule has 0 aromatic heterocycles. The van der Waals surface area contributed by atoms with Crippen LogP contribution in [0, 0.1) is 5.92 Å². The van der Waals surface area contributed by atoms with Crippen LogP contribution in [-0.2, 0) is 4.79 Å². The molecule has 4 nitrogen and oxygen atoms in total. The zero-order valence-electron chi connectivity index (χ0n) is 18.2. The van der Waals surface area contributed by atoms with Gasteiger partial charge >= 0.3 is 0 Å². The van der Waals surface area contributed by atoms with E-state index < -0.39 is 0 Å². The van der Waals surface area contributed by atoms with Crippen molar-refractivity contribution < 1.29 is 9.28 Å². The molecular weight excluding hydrogens is 390 g/mol. The van der Waals surface area contributed by atoms with E-state index in [-0.39, 0.29) is 17.1 Å². The smallest absolute Gasteiger partial charge is 0.230 e. The van der Waals surface area contributed by atoms with Crippen LogP contribution >= 0.6 is 11.8 Å². The Labute approximate surface area is 185 Å². The lowest BCUT2D eigenvalue weighted by atomic mass is 9.96. The molecule has 1 fully saturated rings. The molecule has 5 heteroatoms. The third-order valence-corrected chi connectivity index (χ3v) is 8.11. The molecule has 0 bridgehead atoms. The number of unbranched alkanes of at least 4 members (excludes halogenated alkanes) is 1. The predicted octanol–water partition coefficient (Wildman–Crippen LogP) is 4.65. The van der Waals surface area contributed by atoms with E-state index in [0.29, 0.717) is 0 Å². The molecule has 2 unspecified atom stereocenters. The number of fused-ring (bicyclic) bond motifs is 1. The zero-order valence-corrected chi connectivity index (χ0v) is 19.0. The molecule has 30 heavy (non-hydrogen) atoms.